The second-order valence-electron chi connectivity index (χ2n) is 6.63. The van der Waals surface area contributed by atoms with E-state index in [4.69, 9.17) is 0 Å². The van der Waals surface area contributed by atoms with E-state index in [1.54, 1.807) is 13.1 Å². The van der Waals surface area contributed by atoms with Crippen molar-refractivity contribution in [3.63, 3.8) is 0 Å². The molecule has 1 fully saturated rings. The van der Waals surface area contributed by atoms with Gasteiger partial charge in [-0.05, 0) is 31.9 Å². The van der Waals surface area contributed by atoms with Gasteiger partial charge in [-0.15, -0.1) is 0 Å². The molecule has 2 aromatic heterocycles. The van der Waals surface area contributed by atoms with Crippen molar-refractivity contribution in [1.29, 1.82) is 0 Å². The molecule has 0 spiro atoms. The largest absolute Gasteiger partial charge is 0.506 e. The first kappa shape index (κ1) is 17.6. The second kappa shape index (κ2) is 7.80. The van der Waals surface area contributed by atoms with E-state index >= 15 is 0 Å². The molecule has 6 nitrogen and oxygen atoms in total. The predicted molar refractivity (Wildman–Crippen MR) is 97.6 cm³/mol. The SMILES string of the molecule is Cc1cnccc1N1CCCN(Cc2c(CO)cnc(C)c2O)CC1. The minimum Gasteiger partial charge on any atom is -0.506 e. The Bertz CT molecular complexity index is 735. The number of anilines is 1. The molecular formula is C19H26N4O2. The fourth-order valence-corrected chi connectivity index (χ4v) is 3.41. The van der Waals surface area contributed by atoms with E-state index in [-0.39, 0.29) is 12.4 Å². The molecule has 1 aliphatic rings. The number of aryl methyl sites for hydroxylation is 2. The average Bonchev–Trinajstić information content (AvgIpc) is 2.85. The summed E-state index contributed by atoms with van der Waals surface area (Å²) in [6, 6.07) is 2.08. The number of nitrogens with zero attached hydrogens (tertiary/aromatic N) is 4. The lowest BCUT2D eigenvalue weighted by atomic mass is 10.1. The van der Waals surface area contributed by atoms with E-state index in [9.17, 15) is 10.2 Å². The number of aromatic hydroxyl groups is 1. The Morgan fingerprint density at radius 2 is 1.96 bits per heavy atom. The van der Waals surface area contributed by atoms with Gasteiger partial charge in [-0.3, -0.25) is 14.9 Å². The summed E-state index contributed by atoms with van der Waals surface area (Å²) in [7, 11) is 0. The molecule has 0 bridgehead atoms. The molecule has 0 aromatic carbocycles. The summed E-state index contributed by atoms with van der Waals surface area (Å²) in [6.45, 7) is 8.23. The third kappa shape index (κ3) is 3.91. The van der Waals surface area contributed by atoms with Crippen LogP contribution in [0.25, 0.3) is 0 Å². The van der Waals surface area contributed by atoms with E-state index in [1.165, 1.54) is 11.3 Å². The van der Waals surface area contributed by atoms with E-state index in [0.29, 0.717) is 17.8 Å². The standard InChI is InChI=1S/C19H26N4O2/c1-14-10-20-5-4-18(14)23-7-3-6-22(8-9-23)12-17-16(13-24)11-21-15(2)19(17)25/h4-5,10-11,24-25H,3,6-9,12-13H2,1-2H3. The summed E-state index contributed by atoms with van der Waals surface area (Å²) in [4.78, 5) is 13.1. The Kier molecular flexibility index (Phi) is 5.50. The fourth-order valence-electron chi connectivity index (χ4n) is 3.41. The number of rotatable bonds is 4. The van der Waals surface area contributed by atoms with Gasteiger partial charge < -0.3 is 15.1 Å². The van der Waals surface area contributed by atoms with Gasteiger partial charge in [0.25, 0.3) is 0 Å². The third-order valence-corrected chi connectivity index (χ3v) is 4.90. The molecule has 1 saturated heterocycles. The zero-order chi connectivity index (χ0) is 17.8. The molecule has 2 aromatic rings. The predicted octanol–water partition coefficient (Wildman–Crippen LogP) is 2.00. The number of aliphatic hydroxyl groups excluding tert-OH is 1. The number of aromatic nitrogens is 2. The number of hydrogen-bond acceptors (Lipinski definition) is 6. The summed E-state index contributed by atoms with van der Waals surface area (Å²) in [6.07, 6.45) is 6.47. The highest BCUT2D eigenvalue weighted by Crippen LogP contribution is 2.26. The highest BCUT2D eigenvalue weighted by atomic mass is 16.3. The number of pyridine rings is 2. The van der Waals surface area contributed by atoms with Gasteiger partial charge in [0.1, 0.15) is 5.75 Å². The summed E-state index contributed by atoms with van der Waals surface area (Å²) in [5.74, 6) is 0.206. The van der Waals surface area contributed by atoms with Crippen LogP contribution >= 0.6 is 0 Å². The van der Waals surface area contributed by atoms with Crippen molar-refractivity contribution < 1.29 is 10.2 Å². The van der Waals surface area contributed by atoms with Gasteiger partial charge in [0.15, 0.2) is 0 Å². The minimum absolute atomic E-state index is 0.105. The lowest BCUT2D eigenvalue weighted by Gasteiger charge is -2.25. The van der Waals surface area contributed by atoms with Crippen molar-refractivity contribution >= 4 is 5.69 Å². The summed E-state index contributed by atoms with van der Waals surface area (Å²) < 4.78 is 0. The fraction of sp³-hybridized carbons (Fsp3) is 0.474. The van der Waals surface area contributed by atoms with Crippen LogP contribution in [0.5, 0.6) is 5.75 Å². The molecule has 6 heteroatoms. The molecule has 3 rings (SSSR count). The van der Waals surface area contributed by atoms with Crippen molar-refractivity contribution in [2.45, 2.75) is 33.4 Å². The molecule has 134 valence electrons. The lowest BCUT2D eigenvalue weighted by molar-refractivity contribution is 0.261. The molecule has 0 atom stereocenters. The first-order valence-corrected chi connectivity index (χ1v) is 8.75. The second-order valence-corrected chi connectivity index (χ2v) is 6.63. The summed E-state index contributed by atoms with van der Waals surface area (Å²) >= 11 is 0. The van der Waals surface area contributed by atoms with Crippen LogP contribution in [-0.4, -0.2) is 51.3 Å². The number of hydrogen-bond donors (Lipinski definition) is 2. The molecule has 0 saturated carbocycles. The van der Waals surface area contributed by atoms with Crippen LogP contribution in [-0.2, 0) is 13.2 Å². The van der Waals surface area contributed by atoms with Gasteiger partial charge in [0.05, 0.1) is 12.3 Å². The maximum atomic E-state index is 10.4. The molecule has 2 N–H and O–H groups in total. The van der Waals surface area contributed by atoms with Gasteiger partial charge in [0, 0.05) is 68.1 Å². The highest BCUT2D eigenvalue weighted by Gasteiger charge is 2.19. The Hall–Kier alpha value is -2.18. The normalized spacial score (nSPS) is 16.0. The minimum atomic E-state index is -0.105. The summed E-state index contributed by atoms with van der Waals surface area (Å²) in [5, 5.41) is 19.9. The highest BCUT2D eigenvalue weighted by molar-refractivity contribution is 5.51. The van der Waals surface area contributed by atoms with E-state index < -0.39 is 0 Å². The van der Waals surface area contributed by atoms with Crippen molar-refractivity contribution in [2.24, 2.45) is 0 Å². The molecule has 3 heterocycles. The molecule has 1 aliphatic heterocycles. The van der Waals surface area contributed by atoms with Crippen LogP contribution in [0.2, 0.25) is 0 Å². The van der Waals surface area contributed by atoms with Gasteiger partial charge in [0.2, 0.25) is 0 Å². The quantitative estimate of drug-likeness (QED) is 0.885. The molecular weight excluding hydrogens is 316 g/mol. The van der Waals surface area contributed by atoms with Gasteiger partial charge in [-0.1, -0.05) is 0 Å². The third-order valence-electron chi connectivity index (χ3n) is 4.90. The topological polar surface area (TPSA) is 72.7 Å². The Morgan fingerprint density at radius 3 is 2.72 bits per heavy atom. The smallest absolute Gasteiger partial charge is 0.141 e. The van der Waals surface area contributed by atoms with Crippen LogP contribution < -0.4 is 4.90 Å². The zero-order valence-electron chi connectivity index (χ0n) is 14.9. The first-order chi connectivity index (χ1) is 12.1. The molecule has 0 amide bonds. The van der Waals surface area contributed by atoms with E-state index in [1.807, 2.05) is 12.4 Å². The van der Waals surface area contributed by atoms with Crippen molar-refractivity contribution in [1.82, 2.24) is 14.9 Å². The summed E-state index contributed by atoms with van der Waals surface area (Å²) in [5.41, 5.74) is 4.55. The first-order valence-electron chi connectivity index (χ1n) is 8.75. The van der Waals surface area contributed by atoms with Crippen LogP contribution in [0, 0.1) is 13.8 Å². The van der Waals surface area contributed by atoms with E-state index in [2.05, 4.69) is 32.8 Å². The van der Waals surface area contributed by atoms with E-state index in [0.717, 1.165) is 38.2 Å². The zero-order valence-corrected chi connectivity index (χ0v) is 14.9. The maximum absolute atomic E-state index is 10.4. The van der Waals surface area contributed by atoms with Crippen molar-refractivity contribution in [3.05, 3.63) is 47.0 Å². The molecule has 0 unspecified atom stereocenters. The molecule has 0 aliphatic carbocycles. The van der Waals surface area contributed by atoms with Crippen molar-refractivity contribution in [2.75, 3.05) is 31.1 Å². The van der Waals surface area contributed by atoms with Crippen LogP contribution in [0.4, 0.5) is 5.69 Å². The average molecular weight is 342 g/mol. The van der Waals surface area contributed by atoms with Crippen LogP contribution in [0.15, 0.2) is 24.7 Å². The monoisotopic (exact) mass is 342 g/mol. The maximum Gasteiger partial charge on any atom is 0.141 e. The Morgan fingerprint density at radius 1 is 1.12 bits per heavy atom. The van der Waals surface area contributed by atoms with Gasteiger partial charge in [-0.25, -0.2) is 0 Å². The number of aliphatic hydroxyl groups is 1. The van der Waals surface area contributed by atoms with Gasteiger partial charge >= 0.3 is 0 Å². The van der Waals surface area contributed by atoms with Crippen LogP contribution in [0.3, 0.4) is 0 Å². The molecule has 0 radical (unpaired) electrons. The Balaban J connectivity index is 1.72. The molecule has 25 heavy (non-hydrogen) atoms. The van der Waals surface area contributed by atoms with Crippen LogP contribution in [0.1, 0.15) is 28.8 Å². The Labute approximate surface area is 148 Å². The van der Waals surface area contributed by atoms with Gasteiger partial charge in [-0.2, -0.15) is 0 Å². The van der Waals surface area contributed by atoms with Crippen molar-refractivity contribution in [3.8, 4) is 5.75 Å². The lowest BCUT2D eigenvalue weighted by Crippen LogP contribution is -2.31.